The summed E-state index contributed by atoms with van der Waals surface area (Å²) in [5.74, 6) is -0.304. The molecule has 0 aliphatic rings. The molecule has 146 valence electrons. The minimum Gasteiger partial charge on any atom is -0.308 e. The van der Waals surface area contributed by atoms with E-state index in [9.17, 15) is 9.59 Å². The van der Waals surface area contributed by atoms with Gasteiger partial charge in [0.25, 0.3) is 5.91 Å². The van der Waals surface area contributed by atoms with Crippen molar-refractivity contribution in [1.82, 2.24) is 5.43 Å². The number of carbonyl (C=O) groups excluding carboxylic acids is 2. The summed E-state index contributed by atoms with van der Waals surface area (Å²) in [6.07, 6.45) is 3.30. The van der Waals surface area contributed by atoms with E-state index in [1.807, 2.05) is 36.4 Å². The molecular formula is C23H22N4O2. The molecule has 0 saturated heterocycles. The highest BCUT2D eigenvalue weighted by atomic mass is 16.2. The van der Waals surface area contributed by atoms with Crippen LogP contribution < -0.4 is 16.1 Å². The van der Waals surface area contributed by atoms with Crippen LogP contribution in [0.5, 0.6) is 0 Å². The van der Waals surface area contributed by atoms with E-state index in [1.54, 1.807) is 42.6 Å². The Morgan fingerprint density at radius 3 is 2.00 bits per heavy atom. The Morgan fingerprint density at radius 1 is 0.759 bits per heavy atom. The quantitative estimate of drug-likeness (QED) is 0.407. The third kappa shape index (κ3) is 6.62. The van der Waals surface area contributed by atoms with Crippen molar-refractivity contribution in [1.29, 1.82) is 0 Å². The number of benzene rings is 3. The molecule has 0 aliphatic carbocycles. The van der Waals surface area contributed by atoms with Gasteiger partial charge in [-0.05, 0) is 54.8 Å². The molecule has 6 heteroatoms. The summed E-state index contributed by atoms with van der Waals surface area (Å²) in [4.78, 5) is 24.1. The van der Waals surface area contributed by atoms with Crippen molar-refractivity contribution in [3.05, 3.63) is 96.1 Å². The van der Waals surface area contributed by atoms with Gasteiger partial charge in [0.2, 0.25) is 0 Å². The van der Waals surface area contributed by atoms with Gasteiger partial charge in [-0.2, -0.15) is 5.10 Å². The van der Waals surface area contributed by atoms with Crippen molar-refractivity contribution in [3.63, 3.8) is 0 Å². The predicted octanol–water partition coefficient (Wildman–Crippen LogP) is 4.68. The average molecular weight is 386 g/mol. The van der Waals surface area contributed by atoms with Gasteiger partial charge in [-0.15, -0.1) is 0 Å². The maximum Gasteiger partial charge on any atom is 0.323 e. The molecular weight excluding hydrogens is 364 g/mol. The molecule has 0 fully saturated rings. The second-order valence-corrected chi connectivity index (χ2v) is 6.30. The number of amides is 3. The molecule has 0 radical (unpaired) electrons. The van der Waals surface area contributed by atoms with Gasteiger partial charge in [-0.25, -0.2) is 10.2 Å². The van der Waals surface area contributed by atoms with E-state index in [1.165, 1.54) is 5.56 Å². The fourth-order valence-electron chi connectivity index (χ4n) is 2.63. The molecule has 3 aromatic carbocycles. The largest absolute Gasteiger partial charge is 0.323 e. The lowest BCUT2D eigenvalue weighted by Crippen LogP contribution is -2.20. The van der Waals surface area contributed by atoms with E-state index in [2.05, 4.69) is 33.3 Å². The highest BCUT2D eigenvalue weighted by molar-refractivity contribution is 6.00. The lowest BCUT2D eigenvalue weighted by Gasteiger charge is -2.08. The normalized spacial score (nSPS) is 10.5. The van der Waals surface area contributed by atoms with E-state index in [-0.39, 0.29) is 11.9 Å². The van der Waals surface area contributed by atoms with Crippen molar-refractivity contribution in [2.75, 3.05) is 10.6 Å². The van der Waals surface area contributed by atoms with Crippen LogP contribution >= 0.6 is 0 Å². The molecule has 0 aromatic heterocycles. The summed E-state index contributed by atoms with van der Waals surface area (Å²) in [7, 11) is 0. The number of urea groups is 1. The van der Waals surface area contributed by atoms with Crippen molar-refractivity contribution in [3.8, 4) is 0 Å². The van der Waals surface area contributed by atoms with Crippen LogP contribution in [0.4, 0.5) is 16.2 Å². The fourth-order valence-corrected chi connectivity index (χ4v) is 2.63. The second-order valence-electron chi connectivity index (χ2n) is 6.30. The van der Waals surface area contributed by atoms with E-state index < -0.39 is 0 Å². The van der Waals surface area contributed by atoms with Crippen molar-refractivity contribution < 1.29 is 9.59 Å². The molecule has 0 aliphatic heterocycles. The van der Waals surface area contributed by atoms with Crippen molar-refractivity contribution >= 4 is 29.5 Å². The molecule has 6 nitrogen and oxygen atoms in total. The van der Waals surface area contributed by atoms with Crippen LogP contribution in [0.3, 0.4) is 0 Å². The van der Waals surface area contributed by atoms with Crippen molar-refractivity contribution in [2.45, 2.75) is 12.8 Å². The first-order valence-electron chi connectivity index (χ1n) is 9.29. The molecule has 3 aromatic rings. The topological polar surface area (TPSA) is 82.6 Å². The van der Waals surface area contributed by atoms with Gasteiger partial charge < -0.3 is 10.6 Å². The fraction of sp³-hybridized carbons (Fsp3) is 0.0870. The van der Waals surface area contributed by atoms with Gasteiger partial charge in [0, 0.05) is 23.2 Å². The molecule has 0 bridgehead atoms. The molecule has 0 unspecified atom stereocenters. The highest BCUT2D eigenvalue weighted by Crippen LogP contribution is 2.11. The number of rotatable bonds is 7. The number of hydrogen-bond acceptors (Lipinski definition) is 3. The summed E-state index contributed by atoms with van der Waals surface area (Å²) in [6.45, 7) is 0. The molecule has 0 spiro atoms. The third-order valence-corrected chi connectivity index (χ3v) is 4.10. The van der Waals surface area contributed by atoms with Gasteiger partial charge in [-0.1, -0.05) is 48.5 Å². The number of nitrogens with one attached hydrogen (secondary N) is 3. The minimum atomic E-state index is -0.351. The van der Waals surface area contributed by atoms with Gasteiger partial charge in [0.15, 0.2) is 0 Å². The maximum absolute atomic E-state index is 12.1. The first-order chi connectivity index (χ1) is 14.2. The average Bonchev–Trinajstić information content (AvgIpc) is 2.75. The Morgan fingerprint density at radius 2 is 1.34 bits per heavy atom. The Labute approximate surface area is 169 Å². The van der Waals surface area contributed by atoms with Gasteiger partial charge >= 0.3 is 6.03 Å². The van der Waals surface area contributed by atoms with Crippen LogP contribution in [0.15, 0.2) is 90.0 Å². The minimum absolute atomic E-state index is 0.304. The van der Waals surface area contributed by atoms with Crippen LogP contribution in [-0.2, 0) is 6.42 Å². The molecule has 0 atom stereocenters. The summed E-state index contributed by atoms with van der Waals surface area (Å²) >= 11 is 0. The number of aryl methyl sites for hydroxylation is 1. The Balaban J connectivity index is 1.43. The standard InChI is InChI=1S/C23H22N4O2/c28-22(27-24-17-7-10-18-8-3-1-4-9-18)19-13-15-21(16-14-19)26-23(29)25-20-11-5-2-6-12-20/h1-6,8-9,11-17H,7,10H2,(H,27,28)(H2,25,26,29)/b24-17+. The van der Waals surface area contributed by atoms with Crippen molar-refractivity contribution in [2.24, 2.45) is 5.10 Å². The second kappa shape index (κ2) is 10.4. The summed E-state index contributed by atoms with van der Waals surface area (Å²) in [6, 6.07) is 25.5. The number of carbonyl (C=O) groups is 2. The molecule has 29 heavy (non-hydrogen) atoms. The summed E-state index contributed by atoms with van der Waals surface area (Å²) in [5.41, 5.74) is 5.48. The van der Waals surface area contributed by atoms with Gasteiger partial charge in [-0.3, -0.25) is 4.79 Å². The van der Waals surface area contributed by atoms with E-state index in [0.717, 1.165) is 12.8 Å². The smallest absolute Gasteiger partial charge is 0.308 e. The van der Waals surface area contributed by atoms with Crippen LogP contribution in [0.2, 0.25) is 0 Å². The molecule has 3 N–H and O–H groups in total. The molecule has 0 heterocycles. The van der Waals surface area contributed by atoms with Gasteiger partial charge in [0.1, 0.15) is 0 Å². The Kier molecular flexibility index (Phi) is 7.12. The predicted molar refractivity (Wildman–Crippen MR) is 116 cm³/mol. The molecule has 0 saturated carbocycles. The number of hydrazone groups is 1. The maximum atomic E-state index is 12.1. The first-order valence-corrected chi connectivity index (χ1v) is 9.29. The summed E-state index contributed by atoms with van der Waals surface area (Å²) < 4.78 is 0. The van der Waals surface area contributed by atoms with Crippen LogP contribution in [0.25, 0.3) is 0 Å². The highest BCUT2D eigenvalue weighted by Gasteiger charge is 2.06. The number of para-hydroxylation sites is 1. The van der Waals surface area contributed by atoms with Crippen LogP contribution in [0, 0.1) is 0 Å². The number of hydrogen-bond donors (Lipinski definition) is 3. The lowest BCUT2D eigenvalue weighted by molar-refractivity contribution is 0.0955. The van der Waals surface area contributed by atoms with E-state index in [4.69, 9.17) is 0 Å². The first kappa shape index (κ1) is 19.8. The van der Waals surface area contributed by atoms with Crippen LogP contribution in [-0.4, -0.2) is 18.2 Å². The van der Waals surface area contributed by atoms with E-state index in [0.29, 0.717) is 16.9 Å². The Bertz CT molecular complexity index is 955. The van der Waals surface area contributed by atoms with Crippen LogP contribution in [0.1, 0.15) is 22.3 Å². The SMILES string of the molecule is O=C(Nc1ccccc1)Nc1ccc(C(=O)N/N=C/CCc2ccccc2)cc1. The monoisotopic (exact) mass is 386 g/mol. The zero-order valence-electron chi connectivity index (χ0n) is 15.8. The summed E-state index contributed by atoms with van der Waals surface area (Å²) in [5, 5.41) is 9.43. The number of nitrogens with zero attached hydrogens (tertiary/aromatic N) is 1. The molecule has 3 rings (SSSR count). The molecule has 3 amide bonds. The third-order valence-electron chi connectivity index (χ3n) is 4.10. The zero-order valence-corrected chi connectivity index (χ0v) is 15.8. The van der Waals surface area contributed by atoms with E-state index >= 15 is 0 Å². The Hall–Kier alpha value is -3.93. The zero-order chi connectivity index (χ0) is 20.3. The van der Waals surface area contributed by atoms with Gasteiger partial charge in [0.05, 0.1) is 0 Å². The number of anilines is 2. The lowest BCUT2D eigenvalue weighted by atomic mass is 10.1.